The number of halogens is 1. The third-order valence-corrected chi connectivity index (χ3v) is 7.66. The van der Waals surface area contributed by atoms with Crippen LogP contribution in [0.15, 0.2) is 76.9 Å². The molecule has 2 aliphatic heterocycles. The summed E-state index contributed by atoms with van der Waals surface area (Å²) < 4.78 is 12.3. The minimum absolute atomic E-state index is 0.0383. The van der Waals surface area contributed by atoms with Crippen molar-refractivity contribution in [3.8, 4) is 11.5 Å². The highest BCUT2D eigenvalue weighted by Gasteiger charge is 2.35. The number of nitrogens with one attached hydrogen (secondary N) is 2. The molecule has 2 saturated heterocycles. The van der Waals surface area contributed by atoms with E-state index in [9.17, 15) is 19.2 Å². The number of imide groups is 1. The summed E-state index contributed by atoms with van der Waals surface area (Å²) in [5.41, 5.74) is 2.74. The number of anilines is 1. The van der Waals surface area contributed by atoms with Crippen LogP contribution in [0.2, 0.25) is 0 Å². The summed E-state index contributed by atoms with van der Waals surface area (Å²) in [6, 6.07) is 18.8. The van der Waals surface area contributed by atoms with Gasteiger partial charge in [0.1, 0.15) is 18.8 Å². The van der Waals surface area contributed by atoms with Gasteiger partial charge in [-0.25, -0.2) is 9.69 Å². The molecule has 11 heteroatoms. The molecule has 10 nitrogen and oxygen atoms in total. The fourth-order valence-corrected chi connectivity index (χ4v) is 5.10. The summed E-state index contributed by atoms with van der Waals surface area (Å²) in [5.74, 6) is -0.126. The van der Waals surface area contributed by atoms with Crippen molar-refractivity contribution in [1.82, 2.24) is 15.1 Å². The van der Waals surface area contributed by atoms with Crippen molar-refractivity contribution < 1.29 is 28.7 Å². The Morgan fingerprint density at radius 3 is 2.37 bits per heavy atom. The number of hydrogen-bond donors (Lipinski definition) is 2. The normalized spacial score (nSPS) is 15.8. The van der Waals surface area contributed by atoms with E-state index in [0.29, 0.717) is 28.3 Å². The lowest BCUT2D eigenvalue weighted by atomic mass is 10.1. The molecule has 0 atom stereocenters. The van der Waals surface area contributed by atoms with E-state index in [0.717, 1.165) is 40.9 Å². The van der Waals surface area contributed by atoms with Crippen LogP contribution in [-0.2, 0) is 16.2 Å². The third kappa shape index (κ3) is 7.42. The molecule has 43 heavy (non-hydrogen) atoms. The number of hydrogen-bond acceptors (Lipinski definition) is 6. The minimum Gasteiger partial charge on any atom is -0.493 e. The van der Waals surface area contributed by atoms with Gasteiger partial charge in [-0.15, -0.1) is 0 Å². The van der Waals surface area contributed by atoms with Gasteiger partial charge in [0.05, 0.1) is 7.11 Å². The number of urea groups is 1. The molecule has 2 N–H and O–H groups in total. The zero-order valence-electron chi connectivity index (χ0n) is 23.6. The van der Waals surface area contributed by atoms with Crippen molar-refractivity contribution in [1.29, 1.82) is 0 Å². The van der Waals surface area contributed by atoms with Gasteiger partial charge in [0.15, 0.2) is 11.5 Å². The van der Waals surface area contributed by atoms with Crippen LogP contribution in [0, 0.1) is 0 Å². The number of nitrogens with zero attached hydrogens (tertiary/aromatic N) is 2. The largest absolute Gasteiger partial charge is 0.493 e. The molecule has 3 aromatic carbocycles. The van der Waals surface area contributed by atoms with E-state index in [-0.39, 0.29) is 18.2 Å². The molecular formula is C32H31BrN4O6. The summed E-state index contributed by atoms with van der Waals surface area (Å²) in [5, 5.41) is 5.19. The first kappa shape index (κ1) is 29.8. The summed E-state index contributed by atoms with van der Waals surface area (Å²) in [6.07, 6.45) is 4.78. The van der Waals surface area contributed by atoms with Crippen molar-refractivity contribution in [3.63, 3.8) is 0 Å². The van der Waals surface area contributed by atoms with Crippen molar-refractivity contribution in [2.75, 3.05) is 32.1 Å². The average Bonchev–Trinajstić information content (AvgIpc) is 3.28. The second kappa shape index (κ2) is 13.6. The zero-order valence-corrected chi connectivity index (χ0v) is 25.2. The first-order valence-electron chi connectivity index (χ1n) is 13.9. The zero-order chi connectivity index (χ0) is 30.3. The van der Waals surface area contributed by atoms with Crippen LogP contribution < -0.4 is 20.1 Å². The van der Waals surface area contributed by atoms with Gasteiger partial charge in [0.2, 0.25) is 5.91 Å². The van der Waals surface area contributed by atoms with Gasteiger partial charge in [0.25, 0.3) is 11.8 Å². The third-order valence-electron chi connectivity index (χ3n) is 7.13. The van der Waals surface area contributed by atoms with Gasteiger partial charge in [0, 0.05) is 28.8 Å². The Morgan fingerprint density at radius 2 is 1.67 bits per heavy atom. The molecule has 5 amide bonds. The van der Waals surface area contributed by atoms with Crippen LogP contribution >= 0.6 is 15.9 Å². The lowest BCUT2D eigenvalue weighted by molar-refractivity contribution is -0.127. The lowest BCUT2D eigenvalue weighted by Gasteiger charge is -2.26. The Labute approximate surface area is 257 Å². The quantitative estimate of drug-likeness (QED) is 0.244. The molecule has 2 fully saturated rings. The van der Waals surface area contributed by atoms with E-state index in [1.165, 1.54) is 19.6 Å². The number of rotatable bonds is 9. The summed E-state index contributed by atoms with van der Waals surface area (Å²) in [7, 11) is 1.51. The van der Waals surface area contributed by atoms with E-state index in [1.54, 1.807) is 42.5 Å². The smallest absolute Gasteiger partial charge is 0.329 e. The van der Waals surface area contributed by atoms with Gasteiger partial charge in [-0.2, -0.15) is 0 Å². The number of likely N-dealkylation sites (tertiary alicyclic amines) is 1. The number of benzene rings is 3. The molecule has 0 spiro atoms. The molecule has 0 unspecified atom stereocenters. The summed E-state index contributed by atoms with van der Waals surface area (Å²) >= 11 is 3.33. The van der Waals surface area contributed by atoms with Crippen LogP contribution in [0.4, 0.5) is 10.5 Å². The van der Waals surface area contributed by atoms with Crippen molar-refractivity contribution in [3.05, 3.63) is 93.6 Å². The molecule has 2 aliphatic rings. The highest BCUT2D eigenvalue weighted by Crippen LogP contribution is 2.30. The number of methoxy groups -OCH3 is 1. The molecule has 2 heterocycles. The molecule has 0 bridgehead atoms. The number of carbonyl (C=O) groups is 4. The molecule has 0 aliphatic carbocycles. The highest BCUT2D eigenvalue weighted by molar-refractivity contribution is 9.10. The number of piperidine rings is 1. The van der Waals surface area contributed by atoms with Crippen molar-refractivity contribution in [2.45, 2.75) is 25.9 Å². The second-order valence-corrected chi connectivity index (χ2v) is 11.1. The maximum atomic E-state index is 12.9. The van der Waals surface area contributed by atoms with Crippen LogP contribution in [0.5, 0.6) is 11.5 Å². The predicted molar refractivity (Wildman–Crippen MR) is 165 cm³/mol. The monoisotopic (exact) mass is 646 g/mol. The average molecular weight is 648 g/mol. The Balaban J connectivity index is 1.19. The molecule has 0 aromatic heterocycles. The van der Waals surface area contributed by atoms with E-state index < -0.39 is 24.4 Å². The summed E-state index contributed by atoms with van der Waals surface area (Å²) in [6.45, 7) is 1.45. The van der Waals surface area contributed by atoms with E-state index in [1.807, 2.05) is 29.2 Å². The second-order valence-electron chi connectivity index (χ2n) is 10.2. The fraction of sp³-hybridized carbons (Fsp3) is 0.250. The van der Waals surface area contributed by atoms with Crippen molar-refractivity contribution >= 4 is 51.4 Å². The number of ether oxygens (including phenoxy) is 2. The standard InChI is InChI=1S/C32H31BrN4O6/c1-42-28-18-22(17-26-31(40)37(32(41)35-26)19-29(38)34-25-12-10-24(33)11-13-25)7-14-27(28)43-20-21-5-8-23(9-6-21)30(39)36-15-3-2-4-16-36/h5-14,17-18H,2-4,15-16,19-20H2,1H3,(H,34,38)(H,35,41)/b26-17-. The van der Waals surface area contributed by atoms with Crippen LogP contribution in [0.1, 0.15) is 40.7 Å². The first-order valence-corrected chi connectivity index (χ1v) is 14.7. The topological polar surface area (TPSA) is 117 Å². The van der Waals surface area contributed by atoms with Gasteiger partial charge in [-0.05, 0) is 85.0 Å². The minimum atomic E-state index is -0.683. The van der Waals surface area contributed by atoms with E-state index in [4.69, 9.17) is 9.47 Å². The van der Waals surface area contributed by atoms with Crippen LogP contribution in [-0.4, -0.2) is 60.3 Å². The maximum absolute atomic E-state index is 12.9. The number of carbonyl (C=O) groups excluding carboxylic acids is 4. The van der Waals surface area contributed by atoms with Gasteiger partial charge in [-0.3, -0.25) is 14.4 Å². The van der Waals surface area contributed by atoms with Crippen LogP contribution in [0.25, 0.3) is 6.08 Å². The SMILES string of the molecule is COc1cc(/C=C2\NC(=O)N(CC(=O)Nc3ccc(Br)cc3)C2=O)ccc1OCc1ccc(C(=O)N2CCCCC2)cc1. The maximum Gasteiger partial charge on any atom is 0.329 e. The van der Waals surface area contributed by atoms with Gasteiger partial charge in [-0.1, -0.05) is 34.1 Å². The molecule has 3 aromatic rings. The highest BCUT2D eigenvalue weighted by atomic mass is 79.9. The van der Waals surface area contributed by atoms with E-state index >= 15 is 0 Å². The fourth-order valence-electron chi connectivity index (χ4n) is 4.84. The first-order chi connectivity index (χ1) is 20.8. The molecule has 5 rings (SSSR count). The van der Waals surface area contributed by atoms with Crippen LogP contribution in [0.3, 0.4) is 0 Å². The Bertz CT molecular complexity index is 1550. The van der Waals surface area contributed by atoms with Gasteiger partial charge < -0.3 is 25.0 Å². The Hall–Kier alpha value is -4.64. The molecule has 0 saturated carbocycles. The summed E-state index contributed by atoms with van der Waals surface area (Å²) in [4.78, 5) is 53.3. The Morgan fingerprint density at radius 1 is 0.953 bits per heavy atom. The molecule has 0 radical (unpaired) electrons. The van der Waals surface area contributed by atoms with Gasteiger partial charge >= 0.3 is 6.03 Å². The van der Waals surface area contributed by atoms with Crippen molar-refractivity contribution in [2.24, 2.45) is 0 Å². The molecular weight excluding hydrogens is 616 g/mol. The van der Waals surface area contributed by atoms with E-state index in [2.05, 4.69) is 26.6 Å². The Kier molecular flexibility index (Phi) is 9.41. The lowest BCUT2D eigenvalue weighted by Crippen LogP contribution is -2.38. The number of amides is 5. The predicted octanol–water partition coefficient (Wildman–Crippen LogP) is 5.19. The molecule has 222 valence electrons.